The molecule has 2 aromatic rings. The van der Waals surface area contributed by atoms with Crippen molar-refractivity contribution in [1.82, 2.24) is 13.7 Å². The summed E-state index contributed by atoms with van der Waals surface area (Å²) in [7, 11) is 0. The Kier molecular flexibility index (Phi) is 1.40. The molecule has 2 aromatic heterocycles. The maximum Gasteiger partial charge on any atom is 0.154 e. The molecule has 0 unspecified atom stereocenters. The molecule has 0 saturated carbocycles. The third-order valence-electron chi connectivity index (χ3n) is 1.24. The lowest BCUT2D eigenvalue weighted by Gasteiger charge is -1.92. The lowest BCUT2D eigenvalue weighted by molar-refractivity contribution is 1.35. The average molecular weight is 187 g/mol. The van der Waals surface area contributed by atoms with E-state index in [-0.39, 0.29) is 0 Å². The third-order valence-corrected chi connectivity index (χ3v) is 1.98. The Balaban J connectivity index is 2.91. The zero-order valence-electron chi connectivity index (χ0n) is 5.28. The van der Waals surface area contributed by atoms with Gasteiger partial charge in [-0.3, -0.25) is 0 Å². The lowest BCUT2D eigenvalue weighted by Crippen LogP contribution is -1.91. The van der Waals surface area contributed by atoms with Gasteiger partial charge in [0.15, 0.2) is 5.82 Å². The van der Waals surface area contributed by atoms with Crippen molar-refractivity contribution in [2.24, 2.45) is 0 Å². The number of halogens is 1. The number of nitrogens with two attached hydrogens (primary N) is 1. The number of anilines is 1. The van der Waals surface area contributed by atoms with Gasteiger partial charge >= 0.3 is 0 Å². The van der Waals surface area contributed by atoms with E-state index in [1.807, 2.05) is 0 Å². The van der Waals surface area contributed by atoms with Gasteiger partial charge in [-0.1, -0.05) is 11.6 Å². The quantitative estimate of drug-likeness (QED) is 0.631. The van der Waals surface area contributed by atoms with Gasteiger partial charge in [-0.05, 0) is 0 Å². The molecule has 0 spiro atoms. The highest BCUT2D eigenvalue weighted by Crippen LogP contribution is 2.19. The number of hydrogen-bond donors (Lipinski definition) is 1. The van der Waals surface area contributed by atoms with Gasteiger partial charge < -0.3 is 5.73 Å². The number of aromatic nitrogens is 3. The number of hydrogen-bond acceptors (Lipinski definition) is 5. The molecule has 0 fully saturated rings. The van der Waals surface area contributed by atoms with Crippen LogP contribution in [0.1, 0.15) is 0 Å². The minimum atomic E-state index is 0.334. The number of rotatable bonds is 0. The maximum atomic E-state index is 5.63. The number of pyridine rings is 1. The summed E-state index contributed by atoms with van der Waals surface area (Å²) in [5.74, 6) is 0.334. The number of nitrogen functional groups attached to an aromatic ring is 1. The first-order valence-corrected chi connectivity index (χ1v) is 3.92. The van der Waals surface area contributed by atoms with E-state index < -0.39 is 0 Å². The Bertz CT molecular complexity index is 398. The molecule has 0 saturated heterocycles. The summed E-state index contributed by atoms with van der Waals surface area (Å²) in [5, 5.41) is 0.350. The van der Waals surface area contributed by atoms with E-state index in [0.29, 0.717) is 22.0 Å². The fraction of sp³-hybridized carbons (Fsp3) is 0. The molecule has 2 N–H and O–H groups in total. The number of nitrogens with zero attached hydrogens (tertiary/aromatic N) is 3. The summed E-state index contributed by atoms with van der Waals surface area (Å²) in [5.41, 5.74) is 6.84. The van der Waals surface area contributed by atoms with E-state index in [1.54, 1.807) is 6.07 Å². The molecule has 2 rings (SSSR count). The first kappa shape index (κ1) is 6.75. The van der Waals surface area contributed by atoms with E-state index in [2.05, 4.69) is 13.7 Å². The molecule has 0 atom stereocenters. The molecule has 0 aromatic carbocycles. The molecule has 6 heteroatoms. The van der Waals surface area contributed by atoms with Crippen molar-refractivity contribution < 1.29 is 0 Å². The molecule has 2 heterocycles. The highest BCUT2D eigenvalue weighted by atomic mass is 35.5. The largest absolute Gasteiger partial charge is 0.382 e. The van der Waals surface area contributed by atoms with Crippen molar-refractivity contribution in [3.05, 3.63) is 11.2 Å². The van der Waals surface area contributed by atoms with Crippen LogP contribution >= 0.6 is 23.3 Å². The summed E-state index contributed by atoms with van der Waals surface area (Å²) < 4.78 is 7.91. The van der Waals surface area contributed by atoms with Crippen LogP contribution < -0.4 is 5.73 Å². The molecule has 0 amide bonds. The minimum absolute atomic E-state index is 0.334. The number of fused-ring (bicyclic) bond motifs is 1. The van der Waals surface area contributed by atoms with E-state index in [9.17, 15) is 0 Å². The van der Waals surface area contributed by atoms with Crippen molar-refractivity contribution >= 4 is 40.2 Å². The van der Waals surface area contributed by atoms with E-state index in [4.69, 9.17) is 17.3 Å². The first-order chi connectivity index (χ1) is 5.27. The summed E-state index contributed by atoms with van der Waals surface area (Å²) in [6, 6.07) is 1.64. The Morgan fingerprint density at radius 3 is 3.09 bits per heavy atom. The van der Waals surface area contributed by atoms with Crippen molar-refractivity contribution in [1.29, 1.82) is 0 Å². The zero-order valence-corrected chi connectivity index (χ0v) is 6.85. The van der Waals surface area contributed by atoms with Gasteiger partial charge in [0.05, 0.1) is 11.7 Å². The molecular weight excluding hydrogens is 184 g/mol. The molecule has 11 heavy (non-hydrogen) atoms. The van der Waals surface area contributed by atoms with E-state index in [0.717, 1.165) is 11.7 Å². The molecule has 0 bridgehead atoms. The second-order valence-electron chi connectivity index (χ2n) is 1.96. The summed E-state index contributed by atoms with van der Waals surface area (Å²) in [6.07, 6.45) is 0. The van der Waals surface area contributed by atoms with Gasteiger partial charge in [-0.2, -0.15) is 8.75 Å². The van der Waals surface area contributed by atoms with Gasteiger partial charge in [0, 0.05) is 6.07 Å². The Hall–Kier alpha value is -0.940. The highest BCUT2D eigenvalue weighted by Gasteiger charge is 2.04. The summed E-state index contributed by atoms with van der Waals surface area (Å²) >= 11 is 6.72. The first-order valence-electron chi connectivity index (χ1n) is 2.81. The smallest absolute Gasteiger partial charge is 0.154 e. The summed E-state index contributed by atoms with van der Waals surface area (Å²) in [4.78, 5) is 3.82. The fourth-order valence-corrected chi connectivity index (χ4v) is 1.51. The third kappa shape index (κ3) is 1.02. The van der Waals surface area contributed by atoms with Crippen LogP contribution in [-0.4, -0.2) is 13.7 Å². The van der Waals surface area contributed by atoms with Gasteiger partial charge in [0.25, 0.3) is 0 Å². The molecule has 4 nitrogen and oxygen atoms in total. The van der Waals surface area contributed by atoms with E-state index >= 15 is 0 Å². The van der Waals surface area contributed by atoms with E-state index in [1.165, 1.54) is 0 Å². The van der Waals surface area contributed by atoms with Crippen LogP contribution in [0.25, 0.3) is 11.0 Å². The zero-order chi connectivity index (χ0) is 7.84. The molecule has 0 aliphatic heterocycles. The van der Waals surface area contributed by atoms with Crippen LogP contribution in [-0.2, 0) is 0 Å². The van der Waals surface area contributed by atoms with Crippen LogP contribution in [0.3, 0.4) is 0 Å². The monoisotopic (exact) mass is 186 g/mol. The average Bonchev–Trinajstić information content (AvgIpc) is 2.34. The molecule has 0 radical (unpaired) electrons. The van der Waals surface area contributed by atoms with Gasteiger partial charge in [-0.25, -0.2) is 4.98 Å². The lowest BCUT2D eigenvalue weighted by atomic mass is 10.4. The van der Waals surface area contributed by atoms with Crippen LogP contribution in [0, 0.1) is 0 Å². The van der Waals surface area contributed by atoms with Crippen molar-refractivity contribution in [3.8, 4) is 0 Å². The maximum absolute atomic E-state index is 5.63. The van der Waals surface area contributed by atoms with Crippen molar-refractivity contribution in [2.45, 2.75) is 0 Å². The second kappa shape index (κ2) is 2.28. The Labute approximate surface area is 71.3 Å². The fourth-order valence-electron chi connectivity index (χ4n) is 0.781. The van der Waals surface area contributed by atoms with Crippen LogP contribution in [0.2, 0.25) is 5.15 Å². The SMILES string of the molecule is Nc1nc(Cl)cc2nsnc12. The Morgan fingerprint density at radius 1 is 1.45 bits per heavy atom. The van der Waals surface area contributed by atoms with Gasteiger partial charge in [0.1, 0.15) is 16.2 Å². The topological polar surface area (TPSA) is 64.7 Å². The summed E-state index contributed by atoms with van der Waals surface area (Å²) in [6.45, 7) is 0. The van der Waals surface area contributed by atoms with Crippen LogP contribution in [0.5, 0.6) is 0 Å². The normalized spacial score (nSPS) is 10.6. The van der Waals surface area contributed by atoms with Crippen LogP contribution in [0.4, 0.5) is 5.82 Å². The molecular formula is C5H3ClN4S. The van der Waals surface area contributed by atoms with Crippen molar-refractivity contribution in [3.63, 3.8) is 0 Å². The van der Waals surface area contributed by atoms with Gasteiger partial charge in [-0.15, -0.1) is 0 Å². The highest BCUT2D eigenvalue weighted by molar-refractivity contribution is 7.00. The predicted molar refractivity (Wildman–Crippen MR) is 44.6 cm³/mol. The van der Waals surface area contributed by atoms with Crippen molar-refractivity contribution in [2.75, 3.05) is 5.73 Å². The van der Waals surface area contributed by atoms with Gasteiger partial charge in [0.2, 0.25) is 0 Å². The molecule has 0 aliphatic rings. The molecule has 56 valence electrons. The minimum Gasteiger partial charge on any atom is -0.382 e. The Morgan fingerprint density at radius 2 is 2.27 bits per heavy atom. The molecule has 0 aliphatic carbocycles. The second-order valence-corrected chi connectivity index (χ2v) is 2.88. The standard InChI is InChI=1S/C5H3ClN4S/c6-3-1-2-4(5(7)8-3)10-11-9-2/h1H,(H2,7,8). The predicted octanol–water partition coefficient (Wildman–Crippen LogP) is 1.32. The van der Waals surface area contributed by atoms with Crippen LogP contribution in [0.15, 0.2) is 6.07 Å².